The molecule has 140 valence electrons. The number of benzene rings is 2. The Hall–Kier alpha value is -3.28. The molecule has 0 aliphatic carbocycles. The third-order valence-corrected chi connectivity index (χ3v) is 3.34. The van der Waals surface area contributed by atoms with Gasteiger partial charge in [-0.3, -0.25) is 4.79 Å². The van der Waals surface area contributed by atoms with Gasteiger partial charge < -0.3 is 5.32 Å². The molecule has 0 fully saturated rings. The molecule has 1 amide bonds. The van der Waals surface area contributed by atoms with Crippen LogP contribution in [0.1, 0.15) is 16.7 Å². The van der Waals surface area contributed by atoms with Gasteiger partial charge in [-0.2, -0.15) is 31.6 Å². The van der Waals surface area contributed by atoms with Crippen LogP contribution in [0.15, 0.2) is 54.1 Å². The molecule has 3 nitrogen and oxygen atoms in total. The van der Waals surface area contributed by atoms with E-state index in [-0.39, 0.29) is 11.3 Å². The van der Waals surface area contributed by atoms with E-state index >= 15 is 0 Å². The Bertz CT molecular complexity index is 922. The predicted molar refractivity (Wildman–Crippen MR) is 85.1 cm³/mol. The quantitative estimate of drug-likeness (QED) is 0.445. The Kier molecular flexibility index (Phi) is 5.59. The standard InChI is InChI=1S/C18H10F6N2O/c19-17(20,21)13-4-1-3-11(8-13)7-12(10-25)16(27)26-15-6-2-5-14(9-15)18(22,23)24/h1-9H,(H,26,27)/b12-7-. The van der Waals surface area contributed by atoms with Gasteiger partial charge in [0.25, 0.3) is 5.91 Å². The van der Waals surface area contributed by atoms with Gasteiger partial charge in [0.2, 0.25) is 0 Å². The first-order chi connectivity index (χ1) is 12.5. The maximum absolute atomic E-state index is 12.7. The molecule has 0 heterocycles. The average Bonchev–Trinajstić information content (AvgIpc) is 2.58. The van der Waals surface area contributed by atoms with Crippen molar-refractivity contribution in [2.24, 2.45) is 0 Å². The fourth-order valence-corrected chi connectivity index (χ4v) is 2.09. The summed E-state index contributed by atoms with van der Waals surface area (Å²) in [6.45, 7) is 0. The highest BCUT2D eigenvalue weighted by Gasteiger charge is 2.31. The number of carbonyl (C=O) groups is 1. The highest BCUT2D eigenvalue weighted by molar-refractivity contribution is 6.09. The summed E-state index contributed by atoms with van der Waals surface area (Å²) < 4.78 is 76.2. The minimum Gasteiger partial charge on any atom is -0.321 e. The monoisotopic (exact) mass is 384 g/mol. The summed E-state index contributed by atoms with van der Waals surface area (Å²) in [6.07, 6.45) is -8.30. The van der Waals surface area contributed by atoms with E-state index in [2.05, 4.69) is 5.32 Å². The summed E-state index contributed by atoms with van der Waals surface area (Å²) in [5, 5.41) is 11.2. The molecule has 0 saturated carbocycles. The molecular formula is C18H10F6N2O. The predicted octanol–water partition coefficient (Wildman–Crippen LogP) is 5.27. The summed E-state index contributed by atoms with van der Waals surface area (Å²) in [5.74, 6) is -1.05. The largest absolute Gasteiger partial charge is 0.416 e. The molecule has 0 atom stereocenters. The number of alkyl halides is 6. The Morgan fingerprint density at radius 3 is 2.04 bits per heavy atom. The molecule has 9 heteroatoms. The van der Waals surface area contributed by atoms with Crippen molar-refractivity contribution in [1.82, 2.24) is 0 Å². The molecule has 0 unspecified atom stereocenters. The molecule has 0 bridgehead atoms. The Morgan fingerprint density at radius 2 is 1.48 bits per heavy atom. The summed E-state index contributed by atoms with van der Waals surface area (Å²) >= 11 is 0. The molecule has 2 aromatic carbocycles. The number of carbonyl (C=O) groups excluding carboxylic acids is 1. The van der Waals surface area contributed by atoms with E-state index in [1.165, 1.54) is 18.2 Å². The zero-order valence-electron chi connectivity index (χ0n) is 13.3. The highest BCUT2D eigenvalue weighted by Crippen LogP contribution is 2.31. The molecule has 0 aliphatic rings. The summed E-state index contributed by atoms with van der Waals surface area (Å²) in [6, 6.07) is 9.19. The number of hydrogen-bond acceptors (Lipinski definition) is 2. The summed E-state index contributed by atoms with van der Waals surface area (Å²) in [5.41, 5.74) is -2.79. The molecular weight excluding hydrogens is 374 g/mol. The third-order valence-electron chi connectivity index (χ3n) is 3.34. The zero-order valence-corrected chi connectivity index (χ0v) is 13.3. The SMILES string of the molecule is N#C/C(=C/c1cccc(C(F)(F)F)c1)C(=O)Nc1cccc(C(F)(F)F)c1. The Labute approximate surface area is 149 Å². The molecule has 2 rings (SSSR count). The van der Waals surface area contributed by atoms with Crippen LogP contribution in [0.25, 0.3) is 6.08 Å². The van der Waals surface area contributed by atoms with E-state index in [0.717, 1.165) is 36.4 Å². The highest BCUT2D eigenvalue weighted by atomic mass is 19.4. The van der Waals surface area contributed by atoms with Gasteiger partial charge in [0, 0.05) is 5.69 Å². The van der Waals surface area contributed by atoms with Crippen molar-refractivity contribution >= 4 is 17.7 Å². The number of rotatable bonds is 3. The number of nitriles is 1. The van der Waals surface area contributed by atoms with Crippen molar-refractivity contribution in [3.05, 3.63) is 70.8 Å². The van der Waals surface area contributed by atoms with Crippen LogP contribution in [0.3, 0.4) is 0 Å². The molecule has 2 aromatic rings. The summed E-state index contributed by atoms with van der Waals surface area (Å²) in [4.78, 5) is 12.1. The van der Waals surface area contributed by atoms with E-state index in [4.69, 9.17) is 5.26 Å². The van der Waals surface area contributed by atoms with Crippen LogP contribution in [0.5, 0.6) is 0 Å². The van der Waals surface area contributed by atoms with E-state index < -0.39 is 35.0 Å². The van der Waals surface area contributed by atoms with Crippen LogP contribution in [0.4, 0.5) is 32.0 Å². The first-order valence-corrected chi connectivity index (χ1v) is 7.28. The second-order valence-corrected chi connectivity index (χ2v) is 5.33. The minimum absolute atomic E-state index is 0.0550. The number of hydrogen-bond donors (Lipinski definition) is 1. The maximum atomic E-state index is 12.7. The van der Waals surface area contributed by atoms with Gasteiger partial charge in [0.1, 0.15) is 11.6 Å². The van der Waals surface area contributed by atoms with Gasteiger partial charge in [-0.15, -0.1) is 0 Å². The van der Waals surface area contributed by atoms with Crippen molar-refractivity contribution in [2.75, 3.05) is 5.32 Å². The first-order valence-electron chi connectivity index (χ1n) is 7.28. The average molecular weight is 384 g/mol. The molecule has 0 spiro atoms. The second kappa shape index (κ2) is 7.53. The molecule has 0 aromatic heterocycles. The lowest BCUT2D eigenvalue weighted by Gasteiger charge is -2.10. The lowest BCUT2D eigenvalue weighted by atomic mass is 10.1. The Morgan fingerprint density at radius 1 is 0.926 bits per heavy atom. The fraction of sp³-hybridized carbons (Fsp3) is 0.111. The fourth-order valence-electron chi connectivity index (χ4n) is 2.09. The number of nitrogens with one attached hydrogen (secondary N) is 1. The van der Waals surface area contributed by atoms with Gasteiger partial charge in [-0.1, -0.05) is 18.2 Å². The number of nitrogens with zero attached hydrogens (tertiary/aromatic N) is 1. The van der Waals surface area contributed by atoms with Crippen LogP contribution in [0.2, 0.25) is 0 Å². The van der Waals surface area contributed by atoms with Crippen LogP contribution >= 0.6 is 0 Å². The molecule has 0 aliphatic heterocycles. The van der Waals surface area contributed by atoms with Crippen molar-refractivity contribution in [1.29, 1.82) is 5.26 Å². The lowest BCUT2D eigenvalue weighted by Crippen LogP contribution is -2.14. The van der Waals surface area contributed by atoms with Gasteiger partial charge in [-0.25, -0.2) is 0 Å². The van der Waals surface area contributed by atoms with Crippen LogP contribution < -0.4 is 5.32 Å². The van der Waals surface area contributed by atoms with Gasteiger partial charge in [0.05, 0.1) is 11.1 Å². The molecule has 0 saturated heterocycles. The van der Waals surface area contributed by atoms with E-state index in [1.54, 1.807) is 0 Å². The third kappa shape index (κ3) is 5.34. The molecule has 27 heavy (non-hydrogen) atoms. The van der Waals surface area contributed by atoms with E-state index in [0.29, 0.717) is 6.07 Å². The first kappa shape index (κ1) is 20.0. The molecule has 0 radical (unpaired) electrons. The van der Waals surface area contributed by atoms with E-state index in [1.807, 2.05) is 0 Å². The number of anilines is 1. The van der Waals surface area contributed by atoms with Crippen molar-refractivity contribution in [3.8, 4) is 6.07 Å². The zero-order chi connectivity index (χ0) is 20.2. The van der Waals surface area contributed by atoms with Gasteiger partial charge >= 0.3 is 12.4 Å². The van der Waals surface area contributed by atoms with E-state index in [9.17, 15) is 31.1 Å². The second-order valence-electron chi connectivity index (χ2n) is 5.33. The topological polar surface area (TPSA) is 52.9 Å². The summed E-state index contributed by atoms with van der Waals surface area (Å²) in [7, 11) is 0. The van der Waals surface area contributed by atoms with Crippen LogP contribution in [-0.2, 0) is 17.1 Å². The smallest absolute Gasteiger partial charge is 0.321 e. The normalized spacial score (nSPS) is 12.4. The van der Waals surface area contributed by atoms with Crippen molar-refractivity contribution < 1.29 is 31.1 Å². The van der Waals surface area contributed by atoms with Gasteiger partial charge in [-0.05, 0) is 42.0 Å². The van der Waals surface area contributed by atoms with Gasteiger partial charge in [0.15, 0.2) is 0 Å². The lowest BCUT2D eigenvalue weighted by molar-refractivity contribution is -0.138. The van der Waals surface area contributed by atoms with Crippen LogP contribution in [-0.4, -0.2) is 5.91 Å². The number of amides is 1. The van der Waals surface area contributed by atoms with Crippen molar-refractivity contribution in [2.45, 2.75) is 12.4 Å². The van der Waals surface area contributed by atoms with Crippen molar-refractivity contribution in [3.63, 3.8) is 0 Å². The minimum atomic E-state index is -4.62. The maximum Gasteiger partial charge on any atom is 0.416 e. The van der Waals surface area contributed by atoms with Crippen LogP contribution in [0, 0.1) is 11.3 Å². The number of halogens is 6. The molecule has 1 N–H and O–H groups in total. The Balaban J connectivity index is 2.27.